The Balaban J connectivity index is 1.56. The van der Waals surface area contributed by atoms with E-state index in [1.807, 2.05) is 11.5 Å². The van der Waals surface area contributed by atoms with Crippen molar-refractivity contribution in [1.82, 2.24) is 25.4 Å². The Kier molecular flexibility index (Phi) is 5.67. The van der Waals surface area contributed by atoms with E-state index < -0.39 is 23.7 Å². The van der Waals surface area contributed by atoms with Crippen LogP contribution in [0, 0.1) is 18.6 Å². The number of halogens is 3. The zero-order valence-electron chi connectivity index (χ0n) is 16.2. The summed E-state index contributed by atoms with van der Waals surface area (Å²) in [6.07, 6.45) is 1.40. The minimum atomic E-state index is -0.954. The first kappa shape index (κ1) is 20.3. The average Bonchev–Trinajstić information content (AvgIpc) is 3.09. The molecule has 1 aliphatic rings. The van der Waals surface area contributed by atoms with Crippen molar-refractivity contribution in [3.05, 3.63) is 81.9 Å². The molecule has 2 atom stereocenters. The lowest BCUT2D eigenvalue weighted by molar-refractivity contribution is 0.230. The quantitative estimate of drug-likeness (QED) is 0.657. The highest BCUT2D eigenvalue weighted by Crippen LogP contribution is 2.30. The van der Waals surface area contributed by atoms with Gasteiger partial charge < -0.3 is 15.2 Å². The molecule has 0 spiro atoms. The lowest BCUT2D eigenvalue weighted by atomic mass is 9.98. The van der Waals surface area contributed by atoms with Gasteiger partial charge in [0.05, 0.1) is 6.04 Å². The molecule has 4 rings (SSSR count). The number of hydrogen-bond acceptors (Lipinski definition) is 3. The molecular formula is C21H20ClF2N5O. The van der Waals surface area contributed by atoms with Gasteiger partial charge in [-0.05, 0) is 43.2 Å². The number of carbonyl (C=O) groups excluding carboxylic acids is 1. The van der Waals surface area contributed by atoms with Crippen molar-refractivity contribution >= 4 is 17.6 Å². The predicted molar refractivity (Wildman–Crippen MR) is 108 cm³/mol. The lowest BCUT2D eigenvalue weighted by Gasteiger charge is -2.27. The number of hydrogen-bond donors (Lipinski definition) is 2. The average molecular weight is 432 g/mol. The predicted octanol–water partition coefficient (Wildman–Crippen LogP) is 3.92. The molecule has 30 heavy (non-hydrogen) atoms. The first-order valence-corrected chi connectivity index (χ1v) is 9.95. The van der Waals surface area contributed by atoms with Crippen LogP contribution in [0.2, 0.25) is 5.02 Å². The molecule has 0 fully saturated rings. The Bertz CT molecular complexity index is 1090. The smallest absolute Gasteiger partial charge is 0.315 e. The van der Waals surface area contributed by atoms with Crippen LogP contribution in [0.1, 0.15) is 35.2 Å². The number of urea groups is 1. The van der Waals surface area contributed by atoms with Gasteiger partial charge in [-0.2, -0.15) is 0 Å². The van der Waals surface area contributed by atoms with E-state index in [1.54, 1.807) is 24.3 Å². The van der Waals surface area contributed by atoms with E-state index in [4.69, 9.17) is 11.6 Å². The monoisotopic (exact) mass is 431 g/mol. The number of nitrogens with zero attached hydrogens (tertiary/aromatic N) is 3. The number of aromatic nitrogens is 3. The van der Waals surface area contributed by atoms with Crippen LogP contribution in [0.5, 0.6) is 0 Å². The second-order valence-corrected chi connectivity index (χ2v) is 7.66. The van der Waals surface area contributed by atoms with Crippen LogP contribution >= 0.6 is 11.6 Å². The molecule has 2 amide bonds. The van der Waals surface area contributed by atoms with Crippen molar-refractivity contribution < 1.29 is 13.6 Å². The fourth-order valence-corrected chi connectivity index (χ4v) is 3.95. The standard InChI is InChI=1S/C21H20ClF2N5O/c1-12-27-28-19-9-7-14(11-29(12)19)25-21(30)26-20(15-4-2-3-5-17(15)22)16-10-13(23)6-8-18(16)24/h2-6,8,10,14,20H,7,9,11H2,1H3,(H2,25,26,30). The summed E-state index contributed by atoms with van der Waals surface area (Å²) < 4.78 is 30.3. The van der Waals surface area contributed by atoms with Crippen LogP contribution in [-0.2, 0) is 13.0 Å². The minimum Gasteiger partial charge on any atom is -0.334 e. The van der Waals surface area contributed by atoms with Gasteiger partial charge in [0.2, 0.25) is 0 Å². The minimum absolute atomic E-state index is 0.00108. The lowest BCUT2D eigenvalue weighted by Crippen LogP contribution is -2.47. The molecular weight excluding hydrogens is 412 g/mol. The fraction of sp³-hybridized carbons (Fsp3) is 0.286. The van der Waals surface area contributed by atoms with Gasteiger partial charge in [0.1, 0.15) is 23.3 Å². The summed E-state index contributed by atoms with van der Waals surface area (Å²) in [7, 11) is 0. The molecule has 2 aromatic carbocycles. The van der Waals surface area contributed by atoms with Crippen molar-refractivity contribution in [3.8, 4) is 0 Å². The third-order valence-corrected chi connectivity index (χ3v) is 5.57. The van der Waals surface area contributed by atoms with E-state index in [2.05, 4.69) is 20.8 Å². The highest BCUT2D eigenvalue weighted by atomic mass is 35.5. The maximum Gasteiger partial charge on any atom is 0.315 e. The summed E-state index contributed by atoms with van der Waals surface area (Å²) in [5, 5.41) is 14.2. The van der Waals surface area contributed by atoms with Gasteiger partial charge in [0, 0.05) is 29.6 Å². The third kappa shape index (κ3) is 4.14. The van der Waals surface area contributed by atoms with Crippen LogP contribution in [0.4, 0.5) is 13.6 Å². The summed E-state index contributed by atoms with van der Waals surface area (Å²) in [5.74, 6) is 0.437. The second kappa shape index (κ2) is 8.39. The van der Waals surface area contributed by atoms with Crippen molar-refractivity contribution in [1.29, 1.82) is 0 Å². The summed E-state index contributed by atoms with van der Waals surface area (Å²) in [6, 6.07) is 8.30. The molecule has 1 aliphatic heterocycles. The van der Waals surface area contributed by atoms with Gasteiger partial charge in [-0.25, -0.2) is 13.6 Å². The topological polar surface area (TPSA) is 71.8 Å². The zero-order valence-corrected chi connectivity index (χ0v) is 17.0. The summed E-state index contributed by atoms with van der Waals surface area (Å²) >= 11 is 6.29. The molecule has 6 nitrogen and oxygen atoms in total. The first-order chi connectivity index (χ1) is 14.4. The molecule has 0 saturated carbocycles. The van der Waals surface area contributed by atoms with Crippen molar-refractivity contribution in [2.75, 3.05) is 0 Å². The largest absolute Gasteiger partial charge is 0.334 e. The number of fused-ring (bicyclic) bond motifs is 1. The fourth-order valence-electron chi connectivity index (χ4n) is 3.71. The van der Waals surface area contributed by atoms with Gasteiger partial charge in [-0.15, -0.1) is 10.2 Å². The Morgan fingerprint density at radius 3 is 2.80 bits per heavy atom. The zero-order chi connectivity index (χ0) is 21.3. The van der Waals surface area contributed by atoms with E-state index in [0.29, 0.717) is 30.0 Å². The molecule has 2 unspecified atom stereocenters. The Morgan fingerprint density at radius 1 is 1.20 bits per heavy atom. The van der Waals surface area contributed by atoms with Gasteiger partial charge in [-0.3, -0.25) is 0 Å². The number of benzene rings is 2. The van der Waals surface area contributed by atoms with Crippen LogP contribution in [-0.4, -0.2) is 26.8 Å². The Morgan fingerprint density at radius 2 is 2.00 bits per heavy atom. The Labute approximate surface area is 177 Å². The molecule has 0 radical (unpaired) electrons. The van der Waals surface area contributed by atoms with E-state index in [9.17, 15) is 13.6 Å². The van der Waals surface area contributed by atoms with Gasteiger partial charge in [0.25, 0.3) is 0 Å². The van der Waals surface area contributed by atoms with E-state index >= 15 is 0 Å². The first-order valence-electron chi connectivity index (χ1n) is 9.57. The van der Waals surface area contributed by atoms with Gasteiger partial charge in [0.15, 0.2) is 0 Å². The highest BCUT2D eigenvalue weighted by Gasteiger charge is 2.26. The third-order valence-electron chi connectivity index (χ3n) is 5.23. The molecule has 156 valence electrons. The number of amides is 2. The second-order valence-electron chi connectivity index (χ2n) is 7.25. The van der Waals surface area contributed by atoms with Crippen LogP contribution in [0.3, 0.4) is 0 Å². The molecule has 2 N–H and O–H groups in total. The normalized spacial score (nSPS) is 16.6. The Hall–Kier alpha value is -3.00. The number of rotatable bonds is 4. The van der Waals surface area contributed by atoms with E-state index in [0.717, 1.165) is 29.8 Å². The van der Waals surface area contributed by atoms with Crippen molar-refractivity contribution in [2.24, 2.45) is 0 Å². The van der Waals surface area contributed by atoms with Crippen LogP contribution in [0.15, 0.2) is 42.5 Å². The molecule has 0 bridgehead atoms. The van der Waals surface area contributed by atoms with Gasteiger partial charge in [-0.1, -0.05) is 29.8 Å². The van der Waals surface area contributed by atoms with Crippen LogP contribution < -0.4 is 10.6 Å². The molecule has 1 aromatic heterocycles. The highest BCUT2D eigenvalue weighted by molar-refractivity contribution is 6.31. The van der Waals surface area contributed by atoms with Crippen molar-refractivity contribution in [3.63, 3.8) is 0 Å². The van der Waals surface area contributed by atoms with E-state index in [-0.39, 0.29) is 11.6 Å². The number of nitrogens with one attached hydrogen (secondary N) is 2. The molecule has 0 aliphatic carbocycles. The summed E-state index contributed by atoms with van der Waals surface area (Å²) in [5.41, 5.74) is 0.471. The SMILES string of the molecule is Cc1nnc2n1CC(NC(=O)NC(c1cc(F)ccc1F)c1ccccc1Cl)CC2. The summed E-state index contributed by atoms with van der Waals surface area (Å²) in [4.78, 5) is 12.8. The molecule has 9 heteroatoms. The van der Waals surface area contributed by atoms with Crippen LogP contribution in [0.25, 0.3) is 0 Å². The molecule has 3 aromatic rings. The summed E-state index contributed by atoms with van der Waals surface area (Å²) in [6.45, 7) is 2.41. The van der Waals surface area contributed by atoms with E-state index in [1.165, 1.54) is 0 Å². The molecule has 2 heterocycles. The maximum absolute atomic E-state index is 14.5. The number of carbonyl (C=O) groups is 1. The maximum atomic E-state index is 14.5. The van der Waals surface area contributed by atoms with Gasteiger partial charge >= 0.3 is 6.03 Å². The molecule has 0 saturated heterocycles. The van der Waals surface area contributed by atoms with Crippen molar-refractivity contribution in [2.45, 2.75) is 38.4 Å². The number of aryl methyl sites for hydroxylation is 2.